The van der Waals surface area contributed by atoms with Crippen LogP contribution in [0.15, 0.2) is 0 Å². The van der Waals surface area contributed by atoms with Crippen LogP contribution in [-0.2, 0) is 4.74 Å². The van der Waals surface area contributed by atoms with Gasteiger partial charge in [0.2, 0.25) is 0 Å². The summed E-state index contributed by atoms with van der Waals surface area (Å²) in [7, 11) is -0.869. The summed E-state index contributed by atoms with van der Waals surface area (Å²) in [5.74, 6) is 0. The van der Waals surface area contributed by atoms with Crippen molar-refractivity contribution in [2.24, 2.45) is 0 Å². The summed E-state index contributed by atoms with van der Waals surface area (Å²) in [4.78, 5) is 0. The lowest BCUT2D eigenvalue weighted by Gasteiger charge is -2.14. The highest BCUT2D eigenvalue weighted by Crippen LogP contribution is 2.10. The molecule has 0 aromatic carbocycles. The lowest BCUT2D eigenvalue weighted by molar-refractivity contribution is -0.000943. The molecule has 0 saturated heterocycles. The van der Waals surface area contributed by atoms with Gasteiger partial charge in [0.1, 0.15) is 6.79 Å². The Kier molecular flexibility index (Phi) is 4.94. The standard InChI is InChI=1S/C7H18O2Si/c1-10(2,3)6-4-5-9-7-8/h8H,4-7H2,1-3H3. The van der Waals surface area contributed by atoms with E-state index < -0.39 is 8.07 Å². The molecule has 2 nitrogen and oxygen atoms in total. The fourth-order valence-corrected chi connectivity index (χ4v) is 1.97. The molecule has 0 aromatic heterocycles. The van der Waals surface area contributed by atoms with E-state index in [2.05, 4.69) is 19.6 Å². The van der Waals surface area contributed by atoms with Gasteiger partial charge in [0.25, 0.3) is 0 Å². The maximum atomic E-state index is 8.28. The van der Waals surface area contributed by atoms with Crippen molar-refractivity contribution in [2.75, 3.05) is 13.4 Å². The summed E-state index contributed by atoms with van der Waals surface area (Å²) in [5.41, 5.74) is 0. The number of rotatable bonds is 5. The van der Waals surface area contributed by atoms with Gasteiger partial charge in [-0.15, -0.1) is 0 Å². The van der Waals surface area contributed by atoms with Gasteiger partial charge in [-0.2, -0.15) is 0 Å². The average Bonchev–Trinajstić information content (AvgIpc) is 1.78. The van der Waals surface area contributed by atoms with E-state index in [1.807, 2.05) is 0 Å². The maximum absolute atomic E-state index is 8.28. The third-order valence-electron chi connectivity index (χ3n) is 1.31. The molecular formula is C7H18O2Si. The predicted molar refractivity (Wildman–Crippen MR) is 45.8 cm³/mol. The smallest absolute Gasteiger partial charge is 0.143 e. The van der Waals surface area contributed by atoms with Crippen molar-refractivity contribution in [1.82, 2.24) is 0 Å². The van der Waals surface area contributed by atoms with Crippen LogP contribution in [0.4, 0.5) is 0 Å². The van der Waals surface area contributed by atoms with Crippen molar-refractivity contribution in [1.29, 1.82) is 0 Å². The molecule has 0 radical (unpaired) electrons. The van der Waals surface area contributed by atoms with E-state index in [1.54, 1.807) is 0 Å². The van der Waals surface area contributed by atoms with Crippen molar-refractivity contribution >= 4 is 8.07 Å². The van der Waals surface area contributed by atoms with Gasteiger partial charge in [0, 0.05) is 14.7 Å². The molecule has 10 heavy (non-hydrogen) atoms. The van der Waals surface area contributed by atoms with Crippen LogP contribution in [-0.4, -0.2) is 26.6 Å². The average molecular weight is 162 g/mol. The minimum absolute atomic E-state index is 0.133. The summed E-state index contributed by atoms with van der Waals surface area (Å²) in [6, 6.07) is 1.28. The molecule has 0 heterocycles. The molecule has 0 atom stereocenters. The first-order valence-electron chi connectivity index (χ1n) is 3.75. The fourth-order valence-electron chi connectivity index (χ4n) is 0.769. The largest absolute Gasteiger partial charge is 0.371 e. The monoisotopic (exact) mass is 162 g/mol. The van der Waals surface area contributed by atoms with E-state index in [0.717, 1.165) is 6.42 Å². The predicted octanol–water partition coefficient (Wildman–Crippen LogP) is 1.68. The van der Waals surface area contributed by atoms with Crippen molar-refractivity contribution in [2.45, 2.75) is 32.1 Å². The molecule has 0 unspecified atom stereocenters. The second-order valence-corrected chi connectivity index (χ2v) is 9.32. The Bertz CT molecular complexity index is 78.2. The number of hydrogen-bond donors (Lipinski definition) is 1. The van der Waals surface area contributed by atoms with Gasteiger partial charge >= 0.3 is 0 Å². The second kappa shape index (κ2) is 4.88. The van der Waals surface area contributed by atoms with Crippen molar-refractivity contribution in [3.63, 3.8) is 0 Å². The summed E-state index contributed by atoms with van der Waals surface area (Å²) in [5, 5.41) is 8.28. The molecule has 0 bridgehead atoms. The van der Waals surface area contributed by atoms with Crippen LogP contribution in [0.1, 0.15) is 6.42 Å². The zero-order chi connectivity index (χ0) is 8.04. The quantitative estimate of drug-likeness (QED) is 0.378. The van der Waals surface area contributed by atoms with E-state index in [1.165, 1.54) is 6.04 Å². The molecule has 1 N–H and O–H groups in total. The lowest BCUT2D eigenvalue weighted by atomic mass is 10.5. The molecule has 0 rings (SSSR count). The fraction of sp³-hybridized carbons (Fsp3) is 1.00. The molecule has 0 amide bonds. The van der Waals surface area contributed by atoms with Gasteiger partial charge in [-0.1, -0.05) is 25.7 Å². The van der Waals surface area contributed by atoms with E-state index >= 15 is 0 Å². The molecule has 0 spiro atoms. The first kappa shape index (κ1) is 10.1. The SMILES string of the molecule is C[Si](C)(C)CCCOCO. The Morgan fingerprint density at radius 1 is 1.30 bits per heavy atom. The second-order valence-electron chi connectivity index (χ2n) is 3.70. The Hall–Kier alpha value is 0.137. The van der Waals surface area contributed by atoms with Gasteiger partial charge in [-0.25, -0.2) is 0 Å². The first-order chi connectivity index (χ1) is 4.56. The highest BCUT2D eigenvalue weighted by molar-refractivity contribution is 6.76. The zero-order valence-electron chi connectivity index (χ0n) is 7.18. The molecule has 0 saturated carbocycles. The molecular weight excluding hydrogens is 144 g/mol. The topological polar surface area (TPSA) is 29.5 Å². The van der Waals surface area contributed by atoms with Gasteiger partial charge in [-0.3, -0.25) is 0 Å². The molecule has 0 aromatic rings. The molecule has 0 aliphatic heterocycles. The molecule has 0 aliphatic carbocycles. The minimum Gasteiger partial charge on any atom is -0.371 e. The van der Waals surface area contributed by atoms with Gasteiger partial charge in [-0.05, 0) is 6.42 Å². The highest BCUT2D eigenvalue weighted by Gasteiger charge is 2.11. The third-order valence-corrected chi connectivity index (χ3v) is 3.16. The molecule has 0 fully saturated rings. The summed E-state index contributed by atoms with van der Waals surface area (Å²) in [6.45, 7) is 7.59. The summed E-state index contributed by atoms with van der Waals surface area (Å²) in [6.07, 6.45) is 1.09. The highest BCUT2D eigenvalue weighted by atomic mass is 28.3. The molecule has 0 aliphatic rings. The Balaban J connectivity index is 3.04. The van der Waals surface area contributed by atoms with Crippen LogP contribution in [0.5, 0.6) is 0 Å². The Morgan fingerprint density at radius 3 is 2.30 bits per heavy atom. The Labute approximate surface area is 64.2 Å². The van der Waals surface area contributed by atoms with Crippen molar-refractivity contribution in [3.8, 4) is 0 Å². The van der Waals surface area contributed by atoms with Crippen molar-refractivity contribution in [3.05, 3.63) is 0 Å². The van der Waals surface area contributed by atoms with Gasteiger partial charge in [0.15, 0.2) is 0 Å². The van der Waals surface area contributed by atoms with Crippen LogP contribution >= 0.6 is 0 Å². The number of ether oxygens (including phenoxy) is 1. The number of aliphatic hydroxyl groups excluding tert-OH is 1. The lowest BCUT2D eigenvalue weighted by Crippen LogP contribution is -2.19. The van der Waals surface area contributed by atoms with E-state index in [4.69, 9.17) is 9.84 Å². The third kappa shape index (κ3) is 8.14. The van der Waals surface area contributed by atoms with E-state index in [0.29, 0.717) is 6.61 Å². The zero-order valence-corrected chi connectivity index (χ0v) is 8.18. The number of hydrogen-bond acceptors (Lipinski definition) is 2. The Morgan fingerprint density at radius 2 is 1.90 bits per heavy atom. The van der Waals surface area contributed by atoms with Gasteiger partial charge in [0.05, 0.1) is 0 Å². The first-order valence-corrected chi connectivity index (χ1v) is 7.45. The normalized spacial score (nSPS) is 12.0. The van der Waals surface area contributed by atoms with Crippen LogP contribution < -0.4 is 0 Å². The number of aliphatic hydroxyl groups is 1. The van der Waals surface area contributed by atoms with E-state index in [9.17, 15) is 0 Å². The van der Waals surface area contributed by atoms with E-state index in [-0.39, 0.29) is 6.79 Å². The molecule has 62 valence electrons. The van der Waals surface area contributed by atoms with Crippen LogP contribution in [0, 0.1) is 0 Å². The summed E-state index contributed by atoms with van der Waals surface area (Å²) >= 11 is 0. The maximum Gasteiger partial charge on any atom is 0.143 e. The van der Waals surface area contributed by atoms with Crippen LogP contribution in [0.2, 0.25) is 25.7 Å². The molecule has 3 heteroatoms. The van der Waals surface area contributed by atoms with Gasteiger partial charge < -0.3 is 9.84 Å². The van der Waals surface area contributed by atoms with Crippen molar-refractivity contribution < 1.29 is 9.84 Å². The van der Waals surface area contributed by atoms with Crippen LogP contribution in [0.3, 0.4) is 0 Å². The van der Waals surface area contributed by atoms with Crippen LogP contribution in [0.25, 0.3) is 0 Å². The minimum atomic E-state index is -0.869. The summed E-state index contributed by atoms with van der Waals surface area (Å²) < 4.78 is 4.81.